The lowest BCUT2D eigenvalue weighted by Crippen LogP contribution is -2.26. The van der Waals surface area contributed by atoms with Crippen molar-refractivity contribution in [3.8, 4) is 0 Å². The minimum Gasteiger partial charge on any atom is -0.390 e. The van der Waals surface area contributed by atoms with Gasteiger partial charge in [0.25, 0.3) is 0 Å². The molecule has 1 aliphatic rings. The van der Waals surface area contributed by atoms with Gasteiger partial charge in [0.05, 0.1) is 5.71 Å². The zero-order valence-electron chi connectivity index (χ0n) is 12.3. The first-order chi connectivity index (χ1) is 10.3. The highest BCUT2D eigenvalue weighted by molar-refractivity contribution is 6.02. The van der Waals surface area contributed by atoms with Crippen molar-refractivity contribution in [3.63, 3.8) is 0 Å². The van der Waals surface area contributed by atoms with Gasteiger partial charge in [-0.05, 0) is 18.1 Å². The molecule has 2 aromatic rings. The van der Waals surface area contributed by atoms with Crippen LogP contribution in [0.5, 0.6) is 0 Å². The molecule has 108 valence electrons. The van der Waals surface area contributed by atoms with Crippen LogP contribution in [-0.4, -0.2) is 18.4 Å². The van der Waals surface area contributed by atoms with Crippen molar-refractivity contribution >= 4 is 5.71 Å². The second-order valence-corrected chi connectivity index (χ2v) is 5.40. The molecular weight excluding hydrogens is 260 g/mol. The Hall–Kier alpha value is -2.13. The Morgan fingerprint density at radius 3 is 2.67 bits per heavy atom. The molecule has 0 amide bonds. The number of nitrogens with one attached hydrogen (secondary N) is 1. The van der Waals surface area contributed by atoms with Gasteiger partial charge < -0.3 is 10.2 Å². The Morgan fingerprint density at radius 1 is 1.10 bits per heavy atom. The molecule has 21 heavy (non-hydrogen) atoms. The summed E-state index contributed by atoms with van der Waals surface area (Å²) in [7, 11) is 0. The molecule has 2 aromatic carbocycles. The largest absolute Gasteiger partial charge is 0.390 e. The molecular formula is C18H20N2O. The highest BCUT2D eigenvalue weighted by Crippen LogP contribution is 2.18. The Kier molecular flexibility index (Phi) is 4.31. The molecule has 0 spiro atoms. The molecule has 3 nitrogen and oxygen atoms in total. The van der Waals surface area contributed by atoms with Gasteiger partial charge in [-0.15, -0.1) is 0 Å². The summed E-state index contributed by atoms with van der Waals surface area (Å²) < 4.78 is 0. The van der Waals surface area contributed by atoms with Crippen molar-refractivity contribution in [2.75, 3.05) is 6.54 Å². The van der Waals surface area contributed by atoms with E-state index in [0.717, 1.165) is 25.2 Å². The number of hydrogen-bond acceptors (Lipinski definition) is 3. The summed E-state index contributed by atoms with van der Waals surface area (Å²) in [4.78, 5) is 5.54. The molecule has 0 unspecified atom stereocenters. The van der Waals surface area contributed by atoms with Gasteiger partial charge >= 0.3 is 0 Å². The molecule has 3 heteroatoms. The van der Waals surface area contributed by atoms with Crippen molar-refractivity contribution in [3.05, 3.63) is 71.3 Å². The SMILES string of the molecule is Cc1ccccc1C1=NO[C@H](CNCc2ccccc2)C1. The summed E-state index contributed by atoms with van der Waals surface area (Å²) in [5.41, 5.74) is 4.79. The summed E-state index contributed by atoms with van der Waals surface area (Å²) in [6, 6.07) is 18.7. The van der Waals surface area contributed by atoms with Gasteiger partial charge in [-0.25, -0.2) is 0 Å². The number of rotatable bonds is 5. The van der Waals surface area contributed by atoms with Crippen molar-refractivity contribution < 1.29 is 4.84 Å². The highest BCUT2D eigenvalue weighted by atomic mass is 16.6. The molecule has 0 saturated heterocycles. The Morgan fingerprint density at radius 2 is 1.86 bits per heavy atom. The number of aryl methyl sites for hydroxylation is 1. The minimum absolute atomic E-state index is 0.128. The van der Waals surface area contributed by atoms with Gasteiger partial charge in [-0.1, -0.05) is 59.8 Å². The van der Waals surface area contributed by atoms with Crippen LogP contribution < -0.4 is 5.32 Å². The second kappa shape index (κ2) is 6.55. The van der Waals surface area contributed by atoms with E-state index in [1.165, 1.54) is 16.7 Å². The van der Waals surface area contributed by atoms with Crippen LogP contribution in [0.2, 0.25) is 0 Å². The minimum atomic E-state index is 0.128. The van der Waals surface area contributed by atoms with Gasteiger partial charge in [0, 0.05) is 25.1 Å². The van der Waals surface area contributed by atoms with E-state index >= 15 is 0 Å². The third-order valence-corrected chi connectivity index (χ3v) is 3.73. The summed E-state index contributed by atoms with van der Waals surface area (Å²) >= 11 is 0. The molecule has 1 heterocycles. The van der Waals surface area contributed by atoms with Crippen LogP contribution in [0.1, 0.15) is 23.1 Å². The monoisotopic (exact) mass is 280 g/mol. The van der Waals surface area contributed by atoms with Crippen LogP contribution in [-0.2, 0) is 11.4 Å². The summed E-state index contributed by atoms with van der Waals surface area (Å²) in [5.74, 6) is 0. The number of benzene rings is 2. The molecule has 1 N–H and O–H groups in total. The van der Waals surface area contributed by atoms with Crippen molar-refractivity contribution in [1.82, 2.24) is 5.32 Å². The standard InChI is InChI=1S/C18H20N2O/c1-14-7-5-6-10-17(14)18-11-16(21-20-18)13-19-12-15-8-3-2-4-9-15/h2-10,16,19H,11-13H2,1H3/t16-/m0/s1. The molecule has 0 aromatic heterocycles. The molecule has 1 atom stereocenters. The molecule has 1 aliphatic heterocycles. The first-order valence-corrected chi connectivity index (χ1v) is 7.36. The van der Waals surface area contributed by atoms with Crippen LogP contribution >= 0.6 is 0 Å². The summed E-state index contributed by atoms with van der Waals surface area (Å²) in [6.45, 7) is 3.78. The van der Waals surface area contributed by atoms with E-state index < -0.39 is 0 Å². The first-order valence-electron chi connectivity index (χ1n) is 7.36. The fourth-order valence-corrected chi connectivity index (χ4v) is 2.57. The average Bonchev–Trinajstić information content (AvgIpc) is 2.97. The lowest BCUT2D eigenvalue weighted by Gasteiger charge is -2.10. The highest BCUT2D eigenvalue weighted by Gasteiger charge is 2.22. The number of nitrogens with zero attached hydrogens (tertiary/aromatic N) is 1. The van der Waals surface area contributed by atoms with Gasteiger partial charge in [0.15, 0.2) is 0 Å². The van der Waals surface area contributed by atoms with E-state index in [4.69, 9.17) is 4.84 Å². The molecule has 3 rings (SSSR count). The van der Waals surface area contributed by atoms with Crippen LogP contribution in [0.25, 0.3) is 0 Å². The normalized spacial score (nSPS) is 17.4. The van der Waals surface area contributed by atoms with Gasteiger partial charge in [0.2, 0.25) is 0 Å². The van der Waals surface area contributed by atoms with Gasteiger partial charge in [-0.3, -0.25) is 0 Å². The lowest BCUT2D eigenvalue weighted by molar-refractivity contribution is 0.0848. The maximum absolute atomic E-state index is 5.54. The van der Waals surface area contributed by atoms with E-state index in [9.17, 15) is 0 Å². The third kappa shape index (κ3) is 3.50. The summed E-state index contributed by atoms with van der Waals surface area (Å²) in [5, 5.41) is 7.68. The summed E-state index contributed by atoms with van der Waals surface area (Å²) in [6.07, 6.45) is 0.996. The van der Waals surface area contributed by atoms with Crippen LogP contribution in [0.4, 0.5) is 0 Å². The Bertz CT molecular complexity index is 622. The Balaban J connectivity index is 1.49. The van der Waals surface area contributed by atoms with E-state index in [2.05, 4.69) is 53.8 Å². The predicted molar refractivity (Wildman–Crippen MR) is 85.4 cm³/mol. The van der Waals surface area contributed by atoms with E-state index in [-0.39, 0.29) is 6.10 Å². The number of hydrogen-bond donors (Lipinski definition) is 1. The maximum atomic E-state index is 5.54. The van der Waals surface area contributed by atoms with Crippen molar-refractivity contribution in [2.45, 2.75) is 26.0 Å². The van der Waals surface area contributed by atoms with Crippen LogP contribution in [0.15, 0.2) is 59.8 Å². The zero-order chi connectivity index (χ0) is 14.5. The third-order valence-electron chi connectivity index (χ3n) is 3.73. The molecule has 0 saturated carbocycles. The second-order valence-electron chi connectivity index (χ2n) is 5.40. The van der Waals surface area contributed by atoms with Crippen LogP contribution in [0, 0.1) is 6.92 Å². The molecule has 0 bridgehead atoms. The van der Waals surface area contributed by atoms with Crippen LogP contribution in [0.3, 0.4) is 0 Å². The Labute approximate surface area is 125 Å². The van der Waals surface area contributed by atoms with E-state index in [1.54, 1.807) is 0 Å². The van der Waals surface area contributed by atoms with E-state index in [1.807, 2.05) is 18.2 Å². The molecule has 0 fully saturated rings. The number of oxime groups is 1. The molecule has 0 radical (unpaired) electrons. The average molecular weight is 280 g/mol. The maximum Gasteiger partial charge on any atom is 0.145 e. The predicted octanol–water partition coefficient (Wildman–Crippen LogP) is 3.28. The van der Waals surface area contributed by atoms with Gasteiger partial charge in [-0.2, -0.15) is 0 Å². The zero-order valence-corrected chi connectivity index (χ0v) is 12.3. The first kappa shape index (κ1) is 13.8. The fraction of sp³-hybridized carbons (Fsp3) is 0.278. The topological polar surface area (TPSA) is 33.6 Å². The fourth-order valence-electron chi connectivity index (χ4n) is 2.57. The lowest BCUT2D eigenvalue weighted by atomic mass is 10.0. The quantitative estimate of drug-likeness (QED) is 0.912. The van der Waals surface area contributed by atoms with Crippen molar-refractivity contribution in [2.24, 2.45) is 5.16 Å². The van der Waals surface area contributed by atoms with E-state index in [0.29, 0.717) is 0 Å². The van der Waals surface area contributed by atoms with Crippen molar-refractivity contribution in [1.29, 1.82) is 0 Å². The van der Waals surface area contributed by atoms with Gasteiger partial charge in [0.1, 0.15) is 6.10 Å². The molecule has 0 aliphatic carbocycles. The smallest absolute Gasteiger partial charge is 0.145 e.